The highest BCUT2D eigenvalue weighted by molar-refractivity contribution is 6.32. The molecule has 8 heteroatoms. The number of imidazole rings is 1. The summed E-state index contributed by atoms with van der Waals surface area (Å²) in [4.78, 5) is 21.7. The summed E-state index contributed by atoms with van der Waals surface area (Å²) in [5.41, 5.74) is 9.41. The van der Waals surface area contributed by atoms with Crippen LogP contribution in [0.2, 0.25) is 5.02 Å². The second kappa shape index (κ2) is 9.19. The Kier molecular flexibility index (Phi) is 5.94. The van der Waals surface area contributed by atoms with E-state index >= 15 is 0 Å². The summed E-state index contributed by atoms with van der Waals surface area (Å²) in [6, 6.07) is 16.7. The van der Waals surface area contributed by atoms with Gasteiger partial charge in [-0.3, -0.25) is 10.1 Å². The van der Waals surface area contributed by atoms with E-state index in [4.69, 9.17) is 22.1 Å². The van der Waals surface area contributed by atoms with E-state index in [0.717, 1.165) is 23.1 Å². The lowest BCUT2D eigenvalue weighted by Gasteiger charge is -2.12. The van der Waals surface area contributed by atoms with Gasteiger partial charge in [-0.2, -0.15) is 0 Å². The number of para-hydroxylation sites is 2. The van der Waals surface area contributed by atoms with Crippen LogP contribution >= 0.6 is 11.6 Å². The molecule has 1 aliphatic carbocycles. The summed E-state index contributed by atoms with van der Waals surface area (Å²) < 4.78 is 7.95. The van der Waals surface area contributed by atoms with E-state index in [0.29, 0.717) is 39.8 Å². The van der Waals surface area contributed by atoms with Gasteiger partial charge in [-0.25, -0.2) is 9.97 Å². The Bertz CT molecular complexity index is 1390. The molecule has 0 atom stereocenters. The first-order valence-electron chi connectivity index (χ1n) is 11.1. The maximum absolute atomic E-state index is 12.8. The smallest absolute Gasteiger partial charge is 0.231 e. The first-order valence-corrected chi connectivity index (χ1v) is 11.5. The third-order valence-corrected chi connectivity index (χ3v) is 6.02. The number of pyridine rings is 1. The Morgan fingerprint density at radius 2 is 2.03 bits per heavy atom. The third-order valence-electron chi connectivity index (χ3n) is 5.73. The van der Waals surface area contributed by atoms with E-state index in [-0.39, 0.29) is 12.3 Å². The lowest BCUT2D eigenvalue weighted by molar-refractivity contribution is -0.115. The summed E-state index contributed by atoms with van der Waals surface area (Å²) >= 11 is 6.44. The SMILES string of the molecule is C=C(N)c1cccnc1Oc1ccc(CC(=O)Nc2nc3ccccc3n2CC2CC2)cc1Cl. The second-order valence-electron chi connectivity index (χ2n) is 8.45. The summed E-state index contributed by atoms with van der Waals surface area (Å²) in [7, 11) is 0. The average Bonchev–Trinajstić information content (AvgIpc) is 3.57. The van der Waals surface area contributed by atoms with Gasteiger partial charge in [0.05, 0.1) is 28.0 Å². The molecule has 2 aromatic carbocycles. The van der Waals surface area contributed by atoms with Crippen LogP contribution in [0.25, 0.3) is 16.7 Å². The molecule has 0 unspecified atom stereocenters. The van der Waals surface area contributed by atoms with Gasteiger partial charge in [0.2, 0.25) is 17.7 Å². The predicted octanol–water partition coefficient (Wildman–Crippen LogP) is 5.40. The zero-order chi connectivity index (χ0) is 23.7. The van der Waals surface area contributed by atoms with Crippen molar-refractivity contribution in [3.8, 4) is 11.6 Å². The lowest BCUT2D eigenvalue weighted by atomic mass is 10.1. The normalized spacial score (nSPS) is 13.1. The summed E-state index contributed by atoms with van der Waals surface area (Å²) in [5, 5.41) is 3.35. The van der Waals surface area contributed by atoms with Crippen molar-refractivity contribution in [1.82, 2.24) is 14.5 Å². The van der Waals surface area contributed by atoms with Gasteiger partial charge in [-0.1, -0.05) is 36.4 Å². The Labute approximate surface area is 202 Å². The molecule has 2 aromatic heterocycles. The number of rotatable bonds is 8. The number of aromatic nitrogens is 3. The molecule has 1 fully saturated rings. The molecule has 2 heterocycles. The zero-order valence-electron chi connectivity index (χ0n) is 18.5. The van der Waals surface area contributed by atoms with Crippen LogP contribution in [0.15, 0.2) is 67.4 Å². The van der Waals surface area contributed by atoms with Crippen molar-refractivity contribution in [2.45, 2.75) is 25.8 Å². The summed E-state index contributed by atoms with van der Waals surface area (Å²) in [6.07, 6.45) is 4.18. The van der Waals surface area contributed by atoms with E-state index in [9.17, 15) is 4.79 Å². The van der Waals surface area contributed by atoms with Gasteiger partial charge in [0.1, 0.15) is 5.75 Å². The number of carbonyl (C=O) groups excluding carboxylic acids is 1. The molecule has 0 saturated heterocycles. The fraction of sp³-hybridized carbons (Fsp3) is 0.192. The van der Waals surface area contributed by atoms with Crippen molar-refractivity contribution < 1.29 is 9.53 Å². The number of hydrogen-bond donors (Lipinski definition) is 2. The summed E-state index contributed by atoms with van der Waals surface area (Å²) in [5.74, 6) is 1.79. The molecule has 0 spiro atoms. The quantitative estimate of drug-likeness (QED) is 0.357. The van der Waals surface area contributed by atoms with Crippen molar-refractivity contribution in [1.29, 1.82) is 0 Å². The maximum Gasteiger partial charge on any atom is 0.231 e. The van der Waals surface area contributed by atoms with Crippen LogP contribution in [0.4, 0.5) is 5.95 Å². The van der Waals surface area contributed by atoms with Crippen molar-refractivity contribution in [3.05, 3.63) is 83.5 Å². The minimum atomic E-state index is -0.163. The number of carbonyl (C=O) groups is 1. The van der Waals surface area contributed by atoms with Crippen LogP contribution in [0, 0.1) is 5.92 Å². The Morgan fingerprint density at radius 3 is 2.79 bits per heavy atom. The fourth-order valence-corrected chi connectivity index (χ4v) is 4.07. The van der Waals surface area contributed by atoms with E-state index < -0.39 is 0 Å². The molecule has 0 bridgehead atoms. The van der Waals surface area contributed by atoms with Crippen LogP contribution < -0.4 is 15.8 Å². The molecule has 172 valence electrons. The van der Waals surface area contributed by atoms with Gasteiger partial charge in [0, 0.05) is 18.4 Å². The Balaban J connectivity index is 1.30. The molecule has 34 heavy (non-hydrogen) atoms. The highest BCUT2D eigenvalue weighted by atomic mass is 35.5. The molecule has 7 nitrogen and oxygen atoms in total. The van der Waals surface area contributed by atoms with Gasteiger partial charge in [0.15, 0.2) is 0 Å². The molecule has 4 aromatic rings. The molecular weight excluding hydrogens is 450 g/mol. The standard InChI is InChI=1S/C26H24ClN5O2/c1-16(28)19-5-4-12-29-25(19)34-23-11-10-18(13-20(23)27)14-24(33)31-26-30-21-6-2-3-7-22(21)32(26)15-17-8-9-17/h2-7,10-13,17H,1,8-9,14-15,28H2,(H,30,31,33). The van der Waals surface area contributed by atoms with Gasteiger partial charge in [-0.05, 0) is 60.7 Å². The van der Waals surface area contributed by atoms with E-state index in [1.165, 1.54) is 12.8 Å². The highest BCUT2D eigenvalue weighted by Gasteiger charge is 2.24. The van der Waals surface area contributed by atoms with Crippen LogP contribution in [0.5, 0.6) is 11.6 Å². The second-order valence-corrected chi connectivity index (χ2v) is 8.86. The number of fused-ring (bicyclic) bond motifs is 1. The number of nitrogens with zero attached hydrogens (tertiary/aromatic N) is 3. The number of ether oxygens (including phenoxy) is 1. The zero-order valence-corrected chi connectivity index (χ0v) is 19.3. The van der Waals surface area contributed by atoms with Crippen molar-refractivity contribution in [2.24, 2.45) is 11.7 Å². The van der Waals surface area contributed by atoms with E-state index in [1.54, 1.807) is 36.5 Å². The molecule has 3 N–H and O–H groups in total. The van der Waals surface area contributed by atoms with E-state index in [1.807, 2.05) is 24.3 Å². The number of hydrogen-bond acceptors (Lipinski definition) is 5. The van der Waals surface area contributed by atoms with E-state index in [2.05, 4.69) is 26.4 Å². The molecule has 1 amide bonds. The van der Waals surface area contributed by atoms with Gasteiger partial charge in [-0.15, -0.1) is 0 Å². The van der Waals surface area contributed by atoms with Crippen LogP contribution in [-0.4, -0.2) is 20.4 Å². The number of benzene rings is 2. The Morgan fingerprint density at radius 1 is 1.21 bits per heavy atom. The maximum atomic E-state index is 12.8. The van der Waals surface area contributed by atoms with Crippen LogP contribution in [0.1, 0.15) is 24.0 Å². The van der Waals surface area contributed by atoms with Crippen molar-refractivity contribution in [2.75, 3.05) is 5.32 Å². The first-order chi connectivity index (χ1) is 16.5. The number of amides is 1. The molecule has 0 radical (unpaired) electrons. The fourth-order valence-electron chi connectivity index (χ4n) is 3.83. The molecule has 5 rings (SSSR count). The number of nitrogens with one attached hydrogen (secondary N) is 1. The van der Waals surface area contributed by atoms with Crippen molar-refractivity contribution >= 4 is 40.2 Å². The topological polar surface area (TPSA) is 95.1 Å². The van der Waals surface area contributed by atoms with Crippen LogP contribution in [-0.2, 0) is 17.8 Å². The van der Waals surface area contributed by atoms with Gasteiger partial charge >= 0.3 is 0 Å². The lowest BCUT2D eigenvalue weighted by Crippen LogP contribution is -2.18. The molecular formula is C26H24ClN5O2. The first kappa shape index (κ1) is 22.0. The third kappa shape index (κ3) is 4.75. The predicted molar refractivity (Wildman–Crippen MR) is 134 cm³/mol. The molecule has 1 aliphatic rings. The molecule has 1 saturated carbocycles. The average molecular weight is 474 g/mol. The van der Waals surface area contributed by atoms with Crippen LogP contribution in [0.3, 0.4) is 0 Å². The number of anilines is 1. The van der Waals surface area contributed by atoms with Gasteiger partial charge < -0.3 is 15.0 Å². The van der Waals surface area contributed by atoms with Crippen molar-refractivity contribution in [3.63, 3.8) is 0 Å². The number of nitrogens with two attached hydrogens (primary N) is 1. The Hall–Kier alpha value is -3.84. The number of halogens is 1. The van der Waals surface area contributed by atoms with Gasteiger partial charge in [0.25, 0.3) is 0 Å². The monoisotopic (exact) mass is 473 g/mol. The highest BCUT2D eigenvalue weighted by Crippen LogP contribution is 2.34. The minimum absolute atomic E-state index is 0.154. The molecule has 0 aliphatic heterocycles. The minimum Gasteiger partial charge on any atom is -0.437 e. The largest absolute Gasteiger partial charge is 0.437 e. The summed E-state index contributed by atoms with van der Waals surface area (Å²) in [6.45, 7) is 4.60.